The summed E-state index contributed by atoms with van der Waals surface area (Å²) in [6, 6.07) is 5.21. The van der Waals surface area contributed by atoms with E-state index in [1.807, 2.05) is 6.92 Å². The van der Waals surface area contributed by atoms with Crippen LogP contribution in [0.5, 0.6) is 5.75 Å². The minimum atomic E-state index is -1.84. The molecule has 1 unspecified atom stereocenters. The molecule has 3 aliphatic rings. The van der Waals surface area contributed by atoms with Crippen molar-refractivity contribution in [2.24, 2.45) is 5.92 Å². The zero-order valence-corrected chi connectivity index (χ0v) is 21.1. The number of esters is 1. The number of hydrogen-bond acceptors (Lipinski definition) is 8. The van der Waals surface area contributed by atoms with Crippen molar-refractivity contribution in [3.05, 3.63) is 52.2 Å². The molecule has 0 saturated heterocycles. The summed E-state index contributed by atoms with van der Waals surface area (Å²) in [6.07, 6.45) is 2.24. The van der Waals surface area contributed by atoms with Gasteiger partial charge in [-0.15, -0.1) is 0 Å². The van der Waals surface area contributed by atoms with E-state index in [-0.39, 0.29) is 18.8 Å². The number of Topliss-reactive ketones (excluding diaryl/α,β-unsaturated/α-hetero) is 1. The van der Waals surface area contributed by atoms with Gasteiger partial charge in [-0.3, -0.25) is 4.79 Å². The van der Waals surface area contributed by atoms with Crippen LogP contribution in [0.4, 0.5) is 4.79 Å². The lowest BCUT2D eigenvalue weighted by Crippen LogP contribution is -2.48. The van der Waals surface area contributed by atoms with Crippen LogP contribution in [0.3, 0.4) is 0 Å². The molecule has 1 N–H and O–H groups in total. The Bertz CT molecular complexity index is 1390. The molecule has 0 fully saturated rings. The molecule has 0 saturated carbocycles. The zero-order chi connectivity index (χ0) is 26.0. The van der Waals surface area contributed by atoms with Gasteiger partial charge in [-0.25, -0.2) is 14.6 Å². The molecule has 0 bridgehead atoms. The Morgan fingerprint density at radius 1 is 1.25 bits per heavy atom. The van der Waals surface area contributed by atoms with Crippen LogP contribution in [0.15, 0.2) is 35.4 Å². The van der Waals surface area contributed by atoms with Crippen LogP contribution in [-0.4, -0.2) is 45.8 Å². The lowest BCUT2D eigenvalue weighted by Gasteiger charge is -2.35. The minimum Gasteiger partial charge on any atom is -0.458 e. The monoisotopic (exact) mass is 491 g/mol. The fourth-order valence-electron chi connectivity index (χ4n) is 5.33. The van der Waals surface area contributed by atoms with Gasteiger partial charge in [-0.1, -0.05) is 13.8 Å². The third-order valence-electron chi connectivity index (χ3n) is 7.06. The van der Waals surface area contributed by atoms with Gasteiger partial charge in [0.1, 0.15) is 18.0 Å². The van der Waals surface area contributed by atoms with Gasteiger partial charge >= 0.3 is 12.1 Å². The lowest BCUT2D eigenvalue weighted by molar-refractivity contribution is -0.163. The Labute approximate surface area is 208 Å². The number of rotatable bonds is 3. The topological polar surface area (TPSA) is 112 Å². The molecule has 0 radical (unpaired) electrons. The number of aliphatic hydroxyl groups is 1. The molecule has 2 aliphatic carbocycles. The number of ketones is 1. The maximum atomic E-state index is 13.5. The van der Waals surface area contributed by atoms with Crippen molar-refractivity contribution in [2.45, 2.75) is 65.1 Å². The van der Waals surface area contributed by atoms with E-state index in [2.05, 4.69) is 0 Å². The van der Waals surface area contributed by atoms with Gasteiger partial charge in [-0.2, -0.15) is 0 Å². The predicted octanol–water partition coefficient (Wildman–Crippen LogP) is 4.24. The van der Waals surface area contributed by atoms with E-state index in [1.165, 1.54) is 0 Å². The van der Waals surface area contributed by atoms with Crippen LogP contribution >= 0.6 is 0 Å². The first-order valence-corrected chi connectivity index (χ1v) is 12.2. The van der Waals surface area contributed by atoms with Crippen molar-refractivity contribution < 1.29 is 33.7 Å². The number of carbonyl (C=O) groups excluding carboxylic acids is 3. The molecule has 0 amide bonds. The molecule has 1 aromatic carbocycles. The van der Waals surface area contributed by atoms with Crippen molar-refractivity contribution in [3.8, 4) is 5.75 Å². The molecule has 8 heteroatoms. The molecule has 8 nitrogen and oxygen atoms in total. The van der Waals surface area contributed by atoms with Gasteiger partial charge in [0.2, 0.25) is 0 Å². The van der Waals surface area contributed by atoms with Crippen molar-refractivity contribution >= 4 is 34.4 Å². The first-order chi connectivity index (χ1) is 17.0. The van der Waals surface area contributed by atoms with Gasteiger partial charge in [0, 0.05) is 16.5 Å². The summed E-state index contributed by atoms with van der Waals surface area (Å²) in [7, 11) is 0. The van der Waals surface area contributed by atoms with Gasteiger partial charge in [0.05, 0.1) is 17.1 Å². The van der Waals surface area contributed by atoms with Crippen molar-refractivity contribution in [1.29, 1.82) is 0 Å². The van der Waals surface area contributed by atoms with Crippen molar-refractivity contribution in [3.63, 3.8) is 0 Å². The quantitative estimate of drug-likeness (QED) is 0.501. The second-order valence-electron chi connectivity index (χ2n) is 10.4. The Kier molecular flexibility index (Phi) is 5.55. The summed E-state index contributed by atoms with van der Waals surface area (Å²) in [5.41, 5.74) is 2.27. The fourth-order valence-corrected chi connectivity index (χ4v) is 5.33. The first kappa shape index (κ1) is 24.2. The number of aromatic nitrogens is 1. The Hall–Kier alpha value is -3.52. The van der Waals surface area contributed by atoms with E-state index in [0.717, 1.165) is 22.1 Å². The molecular weight excluding hydrogens is 462 g/mol. The molecule has 188 valence electrons. The summed E-state index contributed by atoms with van der Waals surface area (Å²) < 4.78 is 15.8. The normalized spacial score (nSPS) is 23.1. The average molecular weight is 492 g/mol. The smallest absolute Gasteiger partial charge is 0.458 e. The summed E-state index contributed by atoms with van der Waals surface area (Å²) >= 11 is 0. The molecule has 1 aliphatic heterocycles. The highest BCUT2D eigenvalue weighted by Gasteiger charge is 2.50. The average Bonchev–Trinajstić information content (AvgIpc) is 3.17. The Morgan fingerprint density at radius 3 is 2.67 bits per heavy atom. The zero-order valence-electron chi connectivity index (χ0n) is 21.1. The van der Waals surface area contributed by atoms with Crippen LogP contribution < -0.4 is 4.74 Å². The molecule has 2 heterocycles. The summed E-state index contributed by atoms with van der Waals surface area (Å²) in [4.78, 5) is 43.0. The predicted molar refractivity (Wildman–Crippen MR) is 131 cm³/mol. The SMILES string of the molecule is CCc1c2c(nc3ccc(OC(=O)OC(C)(C)C)cc13)C1=CC3=C(COC(=O)[C@]3(O)CC)C(=O)C1C2. The number of nitrogens with zero attached hydrogens (tertiary/aromatic N) is 1. The Balaban J connectivity index is 1.60. The summed E-state index contributed by atoms with van der Waals surface area (Å²) in [6.45, 7) is 8.88. The standard InChI is InChI=1S/C28H29NO7/c1-6-15-16-10-14(35-26(32)36-27(3,4)5)8-9-22(16)29-23-17(15)11-19-18(23)12-21-20(24(19)30)13-34-25(31)28(21,33)7-2/h8-10,12,19,33H,6-7,11,13H2,1-5H3/t19?,28-/m0/s1. The van der Waals surface area contributed by atoms with Crippen LogP contribution in [0.1, 0.15) is 57.9 Å². The molecular formula is C28H29NO7. The molecule has 2 aromatic rings. The van der Waals surface area contributed by atoms with E-state index in [1.54, 1.807) is 52.0 Å². The Morgan fingerprint density at radius 2 is 2.00 bits per heavy atom. The number of benzene rings is 1. The van der Waals surface area contributed by atoms with Gasteiger partial charge in [-0.05, 0) is 81.0 Å². The van der Waals surface area contributed by atoms with E-state index < -0.39 is 29.2 Å². The molecule has 5 rings (SSSR count). The van der Waals surface area contributed by atoms with Gasteiger partial charge < -0.3 is 19.3 Å². The van der Waals surface area contributed by atoms with Crippen LogP contribution in [0, 0.1) is 5.92 Å². The summed E-state index contributed by atoms with van der Waals surface area (Å²) in [5, 5.41) is 11.9. The number of aryl methyl sites for hydroxylation is 1. The van der Waals surface area contributed by atoms with E-state index in [4.69, 9.17) is 19.2 Å². The molecule has 2 atom stereocenters. The molecule has 0 spiro atoms. The van der Waals surface area contributed by atoms with Crippen LogP contribution in [-0.2, 0) is 31.9 Å². The van der Waals surface area contributed by atoms with Gasteiger partial charge in [0.15, 0.2) is 11.4 Å². The second-order valence-corrected chi connectivity index (χ2v) is 10.4. The number of hydrogen-bond donors (Lipinski definition) is 1. The fraction of sp³-hybridized carbons (Fsp3) is 0.429. The van der Waals surface area contributed by atoms with Crippen molar-refractivity contribution in [1.82, 2.24) is 4.98 Å². The number of fused-ring (bicyclic) bond motifs is 4. The summed E-state index contributed by atoms with van der Waals surface area (Å²) in [5.74, 6) is -0.966. The van der Waals surface area contributed by atoms with Crippen LogP contribution in [0.25, 0.3) is 16.5 Å². The highest BCUT2D eigenvalue weighted by molar-refractivity contribution is 6.12. The van der Waals surface area contributed by atoms with E-state index >= 15 is 0 Å². The number of allylic oxidation sites excluding steroid dienone is 1. The number of ether oxygens (including phenoxy) is 3. The van der Waals surface area contributed by atoms with E-state index in [9.17, 15) is 19.5 Å². The highest BCUT2D eigenvalue weighted by atomic mass is 16.7. The van der Waals surface area contributed by atoms with E-state index in [0.29, 0.717) is 40.9 Å². The largest absolute Gasteiger partial charge is 0.514 e. The molecule has 1 aromatic heterocycles. The maximum Gasteiger partial charge on any atom is 0.514 e. The number of carbonyl (C=O) groups is 3. The number of cyclic esters (lactones) is 1. The minimum absolute atomic E-state index is 0.102. The number of pyridine rings is 1. The molecule has 36 heavy (non-hydrogen) atoms. The third kappa shape index (κ3) is 3.71. The third-order valence-corrected chi connectivity index (χ3v) is 7.06. The van der Waals surface area contributed by atoms with Gasteiger partial charge in [0.25, 0.3) is 0 Å². The first-order valence-electron chi connectivity index (χ1n) is 12.2. The van der Waals surface area contributed by atoms with Crippen LogP contribution in [0.2, 0.25) is 0 Å². The lowest BCUT2D eigenvalue weighted by atomic mass is 9.75. The highest BCUT2D eigenvalue weighted by Crippen LogP contribution is 2.48. The maximum absolute atomic E-state index is 13.5. The van der Waals surface area contributed by atoms with Crippen molar-refractivity contribution in [2.75, 3.05) is 6.61 Å². The second kappa shape index (κ2) is 8.27.